The van der Waals surface area contributed by atoms with Crippen molar-refractivity contribution in [2.45, 2.75) is 44.6 Å². The molecule has 4 rings (SSSR count). The Labute approximate surface area is 131 Å². The number of hydrogen-bond acceptors (Lipinski definition) is 4. The topological polar surface area (TPSA) is 55.3 Å². The summed E-state index contributed by atoms with van der Waals surface area (Å²) < 4.78 is 5.98. The van der Waals surface area contributed by atoms with Gasteiger partial charge in [0.15, 0.2) is 0 Å². The number of carbonyl (C=O) groups is 1. The fraction of sp³-hybridized carbons (Fsp3) is 0.706. The molecule has 1 aromatic rings. The van der Waals surface area contributed by atoms with Crippen LogP contribution in [0.3, 0.4) is 0 Å². The van der Waals surface area contributed by atoms with Gasteiger partial charge in [0.05, 0.1) is 24.1 Å². The van der Waals surface area contributed by atoms with Crippen molar-refractivity contribution in [2.24, 2.45) is 11.3 Å². The number of aromatic nitrogens is 2. The van der Waals surface area contributed by atoms with Gasteiger partial charge in [0.2, 0.25) is 0 Å². The number of carbonyl (C=O) groups excluding carboxylic acids is 1. The lowest BCUT2D eigenvalue weighted by molar-refractivity contribution is -0.104. The number of amides is 1. The van der Waals surface area contributed by atoms with Crippen LogP contribution in [0.15, 0.2) is 18.5 Å². The molecule has 1 spiro atoms. The molecule has 0 radical (unpaired) electrons. The predicted molar refractivity (Wildman–Crippen MR) is 81.3 cm³/mol. The Morgan fingerprint density at radius 3 is 2.68 bits per heavy atom. The first-order valence-electron chi connectivity index (χ1n) is 8.42. The van der Waals surface area contributed by atoms with Gasteiger partial charge in [0.1, 0.15) is 0 Å². The third-order valence-corrected chi connectivity index (χ3v) is 5.53. The first-order chi connectivity index (χ1) is 10.7. The van der Waals surface area contributed by atoms with E-state index in [1.165, 1.54) is 25.7 Å². The summed E-state index contributed by atoms with van der Waals surface area (Å²) >= 11 is 0. The Morgan fingerprint density at radius 2 is 2.05 bits per heavy atom. The molecule has 2 aliphatic carbocycles. The largest absolute Gasteiger partial charge is 0.378 e. The second kappa shape index (κ2) is 5.61. The fourth-order valence-electron chi connectivity index (χ4n) is 3.77. The van der Waals surface area contributed by atoms with E-state index in [0.29, 0.717) is 17.1 Å². The summed E-state index contributed by atoms with van der Waals surface area (Å²) in [5.74, 6) is 0.940. The number of piperidine rings is 1. The summed E-state index contributed by atoms with van der Waals surface area (Å²) in [6, 6.07) is 1.74. The molecule has 3 aliphatic rings. The first kappa shape index (κ1) is 14.1. The van der Waals surface area contributed by atoms with Crippen LogP contribution in [0.1, 0.15) is 48.9 Å². The minimum Gasteiger partial charge on any atom is -0.378 e. The van der Waals surface area contributed by atoms with Crippen LogP contribution in [0, 0.1) is 11.3 Å². The molecule has 5 nitrogen and oxygen atoms in total. The molecule has 1 amide bonds. The Kier molecular flexibility index (Phi) is 3.60. The Balaban J connectivity index is 1.25. The summed E-state index contributed by atoms with van der Waals surface area (Å²) in [7, 11) is 0. The maximum Gasteiger partial charge on any atom is 0.255 e. The number of nitrogens with zero attached hydrogens (tertiary/aromatic N) is 3. The third kappa shape index (κ3) is 2.86. The van der Waals surface area contributed by atoms with Gasteiger partial charge < -0.3 is 9.64 Å². The molecule has 2 saturated carbocycles. The molecular formula is C17H23N3O2. The van der Waals surface area contributed by atoms with Crippen molar-refractivity contribution < 1.29 is 9.53 Å². The van der Waals surface area contributed by atoms with Crippen LogP contribution in [0.25, 0.3) is 0 Å². The number of hydrogen-bond donors (Lipinski definition) is 0. The highest BCUT2D eigenvalue weighted by molar-refractivity contribution is 5.93. The molecular weight excluding hydrogens is 278 g/mol. The van der Waals surface area contributed by atoms with Crippen molar-refractivity contribution in [1.29, 1.82) is 0 Å². The van der Waals surface area contributed by atoms with Crippen LogP contribution in [-0.2, 0) is 4.74 Å². The Morgan fingerprint density at radius 1 is 1.27 bits per heavy atom. The smallest absolute Gasteiger partial charge is 0.255 e. The Bertz CT molecular complexity index is 528. The second-order valence-corrected chi connectivity index (χ2v) is 7.23. The normalized spacial score (nSPS) is 24.3. The van der Waals surface area contributed by atoms with E-state index in [4.69, 9.17) is 4.74 Å². The van der Waals surface area contributed by atoms with Crippen LogP contribution in [0.5, 0.6) is 0 Å². The molecule has 3 fully saturated rings. The highest BCUT2D eigenvalue weighted by Gasteiger charge is 2.47. The summed E-state index contributed by atoms with van der Waals surface area (Å²) in [4.78, 5) is 14.4. The van der Waals surface area contributed by atoms with E-state index in [1.807, 2.05) is 4.90 Å². The van der Waals surface area contributed by atoms with Gasteiger partial charge in [-0.05, 0) is 55.9 Å². The standard InChI is InChI=1S/C17H23N3O2/c21-16(14-3-6-18-19-11-14)20-7-4-17(5-8-20)9-15(10-17)22-12-13-1-2-13/h3,6,11,13,15H,1-2,4-5,7-10,12H2. The van der Waals surface area contributed by atoms with Crippen molar-refractivity contribution in [1.82, 2.24) is 15.1 Å². The maximum atomic E-state index is 12.4. The minimum atomic E-state index is 0.0885. The quantitative estimate of drug-likeness (QED) is 0.856. The zero-order valence-corrected chi connectivity index (χ0v) is 12.9. The number of rotatable bonds is 4. The molecule has 0 aromatic carbocycles. The van der Waals surface area contributed by atoms with E-state index in [2.05, 4.69) is 10.2 Å². The summed E-state index contributed by atoms with van der Waals surface area (Å²) in [5.41, 5.74) is 1.09. The zero-order chi connectivity index (χ0) is 15.0. The third-order valence-electron chi connectivity index (χ3n) is 5.53. The van der Waals surface area contributed by atoms with Crippen LogP contribution < -0.4 is 0 Å². The summed E-state index contributed by atoms with van der Waals surface area (Å²) in [6.45, 7) is 2.69. The van der Waals surface area contributed by atoms with Crippen LogP contribution in [0.4, 0.5) is 0 Å². The summed E-state index contributed by atoms with van der Waals surface area (Å²) in [5, 5.41) is 7.52. The lowest BCUT2D eigenvalue weighted by Gasteiger charge is -2.52. The van der Waals surface area contributed by atoms with Gasteiger partial charge in [0, 0.05) is 19.7 Å². The van der Waals surface area contributed by atoms with E-state index in [9.17, 15) is 4.79 Å². The highest BCUT2D eigenvalue weighted by atomic mass is 16.5. The highest BCUT2D eigenvalue weighted by Crippen LogP contribution is 2.50. The first-order valence-corrected chi connectivity index (χ1v) is 8.42. The van der Waals surface area contributed by atoms with Crippen molar-refractivity contribution >= 4 is 5.91 Å². The van der Waals surface area contributed by atoms with Crippen molar-refractivity contribution in [3.05, 3.63) is 24.0 Å². The van der Waals surface area contributed by atoms with Gasteiger partial charge in [0.25, 0.3) is 5.91 Å². The minimum absolute atomic E-state index is 0.0885. The molecule has 0 N–H and O–H groups in total. The monoisotopic (exact) mass is 301 g/mol. The van der Waals surface area contributed by atoms with Crippen molar-refractivity contribution in [3.63, 3.8) is 0 Å². The molecule has 1 aromatic heterocycles. The maximum absolute atomic E-state index is 12.4. The number of ether oxygens (including phenoxy) is 1. The van der Waals surface area contributed by atoms with E-state index >= 15 is 0 Å². The van der Waals surface area contributed by atoms with E-state index in [0.717, 1.165) is 38.5 Å². The van der Waals surface area contributed by atoms with Crippen LogP contribution in [-0.4, -0.2) is 46.8 Å². The Hall–Kier alpha value is -1.49. The molecule has 1 saturated heterocycles. The van der Waals surface area contributed by atoms with Crippen LogP contribution in [0.2, 0.25) is 0 Å². The van der Waals surface area contributed by atoms with Gasteiger partial charge in [-0.1, -0.05) is 0 Å². The number of likely N-dealkylation sites (tertiary alicyclic amines) is 1. The molecule has 5 heteroatoms. The zero-order valence-electron chi connectivity index (χ0n) is 12.9. The van der Waals surface area contributed by atoms with Gasteiger partial charge in [-0.3, -0.25) is 4.79 Å². The lowest BCUT2D eigenvalue weighted by Crippen LogP contribution is -2.51. The van der Waals surface area contributed by atoms with Gasteiger partial charge in [-0.25, -0.2) is 0 Å². The van der Waals surface area contributed by atoms with Crippen molar-refractivity contribution in [2.75, 3.05) is 19.7 Å². The van der Waals surface area contributed by atoms with Gasteiger partial charge >= 0.3 is 0 Å². The predicted octanol–water partition coefficient (Wildman–Crippen LogP) is 2.29. The molecule has 118 valence electrons. The molecule has 0 atom stereocenters. The molecule has 1 aliphatic heterocycles. The summed E-state index contributed by atoms with van der Waals surface area (Å²) in [6.07, 6.45) is 10.9. The average molecular weight is 301 g/mol. The molecule has 22 heavy (non-hydrogen) atoms. The molecule has 0 unspecified atom stereocenters. The SMILES string of the molecule is O=C(c1ccnnc1)N1CCC2(CC1)CC(OCC1CC1)C2. The van der Waals surface area contributed by atoms with Gasteiger partial charge in [-0.15, -0.1) is 0 Å². The fourth-order valence-corrected chi connectivity index (χ4v) is 3.77. The van der Waals surface area contributed by atoms with E-state index < -0.39 is 0 Å². The van der Waals surface area contributed by atoms with E-state index in [-0.39, 0.29) is 5.91 Å². The van der Waals surface area contributed by atoms with E-state index in [1.54, 1.807) is 18.5 Å². The molecule has 0 bridgehead atoms. The average Bonchev–Trinajstić information content (AvgIpc) is 3.36. The molecule has 2 heterocycles. The lowest BCUT2D eigenvalue weighted by atomic mass is 9.61. The second-order valence-electron chi connectivity index (χ2n) is 7.23. The van der Waals surface area contributed by atoms with Crippen molar-refractivity contribution in [3.8, 4) is 0 Å². The van der Waals surface area contributed by atoms with Crippen LogP contribution >= 0.6 is 0 Å². The van der Waals surface area contributed by atoms with Gasteiger partial charge in [-0.2, -0.15) is 10.2 Å².